The largest absolute Gasteiger partial charge is 0.493 e. The van der Waals surface area contributed by atoms with Gasteiger partial charge in [-0.1, -0.05) is 22.8 Å². The van der Waals surface area contributed by atoms with Crippen LogP contribution in [-0.4, -0.2) is 32.4 Å². The third-order valence-electron chi connectivity index (χ3n) is 3.36. The lowest BCUT2D eigenvalue weighted by Crippen LogP contribution is -2.17. The fourth-order valence-corrected chi connectivity index (χ4v) is 2.42. The van der Waals surface area contributed by atoms with Crippen LogP contribution in [0.15, 0.2) is 41.6 Å². The van der Waals surface area contributed by atoms with E-state index < -0.39 is 0 Å². The number of aryl methyl sites for hydroxylation is 1. The van der Waals surface area contributed by atoms with Crippen LogP contribution in [0.5, 0.6) is 11.5 Å². The van der Waals surface area contributed by atoms with E-state index in [1.807, 2.05) is 26.0 Å². The number of hydrogen-bond acceptors (Lipinski definition) is 5. The highest BCUT2D eigenvalue weighted by atomic mass is 35.5. The van der Waals surface area contributed by atoms with Crippen LogP contribution in [0.2, 0.25) is 5.02 Å². The van der Waals surface area contributed by atoms with Crippen molar-refractivity contribution < 1.29 is 19.1 Å². The first-order valence-electron chi connectivity index (χ1n) is 8.05. The van der Waals surface area contributed by atoms with Gasteiger partial charge in [-0.05, 0) is 49.7 Å². The molecule has 26 heavy (non-hydrogen) atoms. The predicted octanol–water partition coefficient (Wildman–Crippen LogP) is 4.04. The molecule has 0 saturated carbocycles. The molecule has 0 atom stereocenters. The van der Waals surface area contributed by atoms with Gasteiger partial charge in [-0.15, -0.1) is 0 Å². The summed E-state index contributed by atoms with van der Waals surface area (Å²) in [6.07, 6.45) is 1.49. The number of oxime groups is 1. The SMILES string of the molecule is CCOc1ccc(/C=N\OCC(=O)Nc2ccc(C)cc2Cl)cc1OC. The van der Waals surface area contributed by atoms with Gasteiger partial charge >= 0.3 is 0 Å². The highest BCUT2D eigenvalue weighted by molar-refractivity contribution is 6.33. The molecule has 0 heterocycles. The molecule has 1 amide bonds. The summed E-state index contributed by atoms with van der Waals surface area (Å²) in [6, 6.07) is 10.7. The molecule has 0 fully saturated rings. The number of amides is 1. The van der Waals surface area contributed by atoms with Gasteiger partial charge < -0.3 is 19.6 Å². The number of hydrogen-bond donors (Lipinski definition) is 1. The minimum Gasteiger partial charge on any atom is -0.493 e. The fraction of sp³-hybridized carbons (Fsp3) is 0.263. The van der Waals surface area contributed by atoms with Gasteiger partial charge in [-0.25, -0.2) is 0 Å². The molecule has 0 spiro atoms. The Labute approximate surface area is 157 Å². The predicted molar refractivity (Wildman–Crippen MR) is 103 cm³/mol. The monoisotopic (exact) mass is 376 g/mol. The number of carbonyl (C=O) groups is 1. The summed E-state index contributed by atoms with van der Waals surface area (Å²) >= 11 is 6.07. The molecule has 0 aliphatic carbocycles. The van der Waals surface area contributed by atoms with E-state index in [2.05, 4.69) is 10.5 Å². The maximum absolute atomic E-state index is 11.9. The first-order chi connectivity index (χ1) is 12.5. The Morgan fingerprint density at radius 2 is 2.04 bits per heavy atom. The number of nitrogens with one attached hydrogen (secondary N) is 1. The van der Waals surface area contributed by atoms with E-state index in [1.54, 1.807) is 31.4 Å². The third kappa shape index (κ3) is 5.67. The lowest BCUT2D eigenvalue weighted by Gasteiger charge is -2.09. The fourth-order valence-electron chi connectivity index (χ4n) is 2.14. The van der Waals surface area contributed by atoms with E-state index in [-0.39, 0.29) is 12.5 Å². The van der Waals surface area contributed by atoms with Gasteiger partial charge in [0.15, 0.2) is 18.1 Å². The van der Waals surface area contributed by atoms with Gasteiger partial charge in [0.2, 0.25) is 0 Å². The highest BCUT2D eigenvalue weighted by Gasteiger charge is 2.07. The number of halogens is 1. The minimum absolute atomic E-state index is 0.227. The smallest absolute Gasteiger partial charge is 0.265 e. The van der Waals surface area contributed by atoms with Crippen LogP contribution < -0.4 is 14.8 Å². The Kier molecular flexibility index (Phi) is 7.29. The summed E-state index contributed by atoms with van der Waals surface area (Å²) in [5.41, 5.74) is 2.30. The Bertz CT molecular complexity index is 793. The first-order valence-corrected chi connectivity index (χ1v) is 8.43. The number of nitrogens with zero attached hydrogens (tertiary/aromatic N) is 1. The zero-order chi connectivity index (χ0) is 18.9. The van der Waals surface area contributed by atoms with Gasteiger partial charge in [-0.3, -0.25) is 4.79 Å². The van der Waals surface area contributed by atoms with Crippen LogP contribution in [-0.2, 0) is 9.63 Å². The summed E-state index contributed by atoms with van der Waals surface area (Å²) in [5, 5.41) is 6.94. The molecule has 0 unspecified atom stereocenters. The maximum Gasteiger partial charge on any atom is 0.265 e. The van der Waals surface area contributed by atoms with Crippen LogP contribution in [0.4, 0.5) is 5.69 Å². The Balaban J connectivity index is 1.87. The van der Waals surface area contributed by atoms with Crippen LogP contribution in [0, 0.1) is 6.92 Å². The van der Waals surface area contributed by atoms with Crippen molar-refractivity contribution in [1.29, 1.82) is 0 Å². The molecular weight excluding hydrogens is 356 g/mol. The number of benzene rings is 2. The quantitative estimate of drug-likeness (QED) is 0.557. The second kappa shape index (κ2) is 9.68. The van der Waals surface area contributed by atoms with Crippen molar-refractivity contribution >= 4 is 29.4 Å². The van der Waals surface area contributed by atoms with Gasteiger partial charge in [-0.2, -0.15) is 0 Å². The van der Waals surface area contributed by atoms with Crippen molar-refractivity contribution in [3.05, 3.63) is 52.5 Å². The molecule has 2 rings (SSSR count). The molecule has 2 aromatic carbocycles. The summed E-state index contributed by atoms with van der Waals surface area (Å²) in [5.74, 6) is 0.905. The molecule has 138 valence electrons. The average molecular weight is 377 g/mol. The second-order valence-corrected chi connectivity index (χ2v) is 5.79. The third-order valence-corrected chi connectivity index (χ3v) is 3.67. The minimum atomic E-state index is -0.350. The summed E-state index contributed by atoms with van der Waals surface area (Å²) in [7, 11) is 1.57. The number of carbonyl (C=O) groups excluding carboxylic acids is 1. The number of rotatable bonds is 8. The molecule has 0 radical (unpaired) electrons. The molecule has 7 heteroatoms. The van der Waals surface area contributed by atoms with Crippen molar-refractivity contribution in [2.75, 3.05) is 25.6 Å². The summed E-state index contributed by atoms with van der Waals surface area (Å²) in [6.45, 7) is 4.14. The van der Waals surface area contributed by atoms with E-state index in [0.717, 1.165) is 11.1 Å². The van der Waals surface area contributed by atoms with Crippen LogP contribution in [0.3, 0.4) is 0 Å². The number of anilines is 1. The summed E-state index contributed by atoms with van der Waals surface area (Å²) < 4.78 is 10.7. The summed E-state index contributed by atoms with van der Waals surface area (Å²) in [4.78, 5) is 16.9. The molecule has 0 bridgehead atoms. The molecule has 0 saturated heterocycles. The van der Waals surface area contributed by atoms with Gasteiger partial charge in [0.05, 0.1) is 30.6 Å². The van der Waals surface area contributed by atoms with E-state index in [9.17, 15) is 4.79 Å². The van der Waals surface area contributed by atoms with Crippen LogP contribution in [0.1, 0.15) is 18.1 Å². The van der Waals surface area contributed by atoms with Crippen LogP contribution >= 0.6 is 11.6 Å². The highest BCUT2D eigenvalue weighted by Crippen LogP contribution is 2.27. The molecule has 1 N–H and O–H groups in total. The van der Waals surface area contributed by atoms with Crippen LogP contribution in [0.25, 0.3) is 0 Å². The normalized spacial score (nSPS) is 10.6. The van der Waals surface area contributed by atoms with E-state index in [1.165, 1.54) is 6.21 Å². The Hall–Kier alpha value is -2.73. The molecular formula is C19H21ClN2O4. The van der Waals surface area contributed by atoms with Crippen molar-refractivity contribution in [2.24, 2.45) is 5.16 Å². The van der Waals surface area contributed by atoms with E-state index in [4.69, 9.17) is 25.9 Å². The van der Waals surface area contributed by atoms with E-state index in [0.29, 0.717) is 28.8 Å². The number of methoxy groups -OCH3 is 1. The average Bonchev–Trinajstić information content (AvgIpc) is 2.62. The Morgan fingerprint density at radius 1 is 1.23 bits per heavy atom. The van der Waals surface area contributed by atoms with Crippen molar-refractivity contribution in [1.82, 2.24) is 0 Å². The molecule has 0 aliphatic heterocycles. The molecule has 2 aromatic rings. The van der Waals surface area contributed by atoms with Gasteiger partial charge in [0.25, 0.3) is 5.91 Å². The standard InChI is InChI=1S/C19H21ClN2O4/c1-4-25-17-8-6-14(10-18(17)24-3)11-21-26-12-19(23)22-16-7-5-13(2)9-15(16)20/h5-11H,4,12H2,1-3H3,(H,22,23)/b21-11-. The van der Waals surface area contributed by atoms with Gasteiger partial charge in [0, 0.05) is 5.56 Å². The van der Waals surface area contributed by atoms with Crippen molar-refractivity contribution in [3.63, 3.8) is 0 Å². The Morgan fingerprint density at radius 3 is 2.73 bits per heavy atom. The van der Waals surface area contributed by atoms with E-state index >= 15 is 0 Å². The molecule has 6 nitrogen and oxygen atoms in total. The lowest BCUT2D eigenvalue weighted by atomic mass is 10.2. The lowest BCUT2D eigenvalue weighted by molar-refractivity contribution is -0.120. The van der Waals surface area contributed by atoms with Gasteiger partial charge in [0.1, 0.15) is 0 Å². The molecule has 0 aromatic heterocycles. The maximum atomic E-state index is 11.9. The topological polar surface area (TPSA) is 69.2 Å². The zero-order valence-corrected chi connectivity index (χ0v) is 15.7. The first kappa shape index (κ1) is 19.6. The number of ether oxygens (including phenoxy) is 2. The van der Waals surface area contributed by atoms with Crippen molar-refractivity contribution in [2.45, 2.75) is 13.8 Å². The van der Waals surface area contributed by atoms with Crippen molar-refractivity contribution in [3.8, 4) is 11.5 Å². The zero-order valence-electron chi connectivity index (χ0n) is 14.9. The molecule has 0 aliphatic rings. The second-order valence-electron chi connectivity index (χ2n) is 5.38.